The van der Waals surface area contributed by atoms with Gasteiger partial charge in [0.15, 0.2) is 0 Å². The van der Waals surface area contributed by atoms with Gasteiger partial charge in [0.05, 0.1) is 7.11 Å². The standard InChI is InChI=1S/C35H41NO3/c1-39-33-22-20-32(21-23-33)36(30-16-12-26(13-17-30)24-34(37)28-8-4-2-5-9-28)31-18-14-27(15-19-31)25-35(38)29-10-6-3-7-11-29/h12-23,28-29H,2-11,24-25H2,1H3. The first-order valence-corrected chi connectivity index (χ1v) is 14.8. The summed E-state index contributed by atoms with van der Waals surface area (Å²) in [6, 6.07) is 24.8. The molecule has 0 aliphatic heterocycles. The van der Waals surface area contributed by atoms with Crippen molar-refractivity contribution >= 4 is 28.6 Å². The second kappa shape index (κ2) is 13.1. The Morgan fingerprint density at radius 1 is 0.590 bits per heavy atom. The lowest BCUT2D eigenvalue weighted by molar-refractivity contribution is -0.123. The number of Topliss-reactive ketones (excluding diaryl/α,β-unsaturated/α-hetero) is 2. The third-order valence-corrected chi connectivity index (χ3v) is 8.60. The van der Waals surface area contributed by atoms with E-state index in [1.807, 2.05) is 12.1 Å². The van der Waals surface area contributed by atoms with Gasteiger partial charge in [-0.1, -0.05) is 62.8 Å². The molecule has 3 aromatic carbocycles. The van der Waals surface area contributed by atoms with Crippen LogP contribution in [-0.4, -0.2) is 18.7 Å². The number of nitrogens with zero attached hydrogens (tertiary/aromatic N) is 1. The van der Waals surface area contributed by atoms with Crippen LogP contribution in [0.1, 0.15) is 75.3 Å². The summed E-state index contributed by atoms with van der Waals surface area (Å²) in [5.41, 5.74) is 5.22. The van der Waals surface area contributed by atoms with Crippen LogP contribution in [0.4, 0.5) is 17.1 Å². The zero-order chi connectivity index (χ0) is 27.0. The topological polar surface area (TPSA) is 46.6 Å². The van der Waals surface area contributed by atoms with Crippen LogP contribution in [0, 0.1) is 11.8 Å². The number of hydrogen-bond donors (Lipinski definition) is 0. The molecule has 3 aromatic rings. The Hall–Kier alpha value is -3.40. The van der Waals surface area contributed by atoms with Gasteiger partial charge in [-0.15, -0.1) is 0 Å². The fourth-order valence-electron chi connectivity index (χ4n) is 6.24. The second-order valence-electron chi connectivity index (χ2n) is 11.3. The first-order valence-electron chi connectivity index (χ1n) is 14.8. The second-order valence-corrected chi connectivity index (χ2v) is 11.3. The number of rotatable bonds is 10. The van der Waals surface area contributed by atoms with Gasteiger partial charge in [0.2, 0.25) is 0 Å². The average molecular weight is 524 g/mol. The molecule has 204 valence electrons. The number of ether oxygens (including phenoxy) is 1. The van der Waals surface area contributed by atoms with Crippen LogP contribution >= 0.6 is 0 Å². The first kappa shape index (κ1) is 27.2. The highest BCUT2D eigenvalue weighted by Crippen LogP contribution is 2.36. The normalized spacial score (nSPS) is 16.5. The van der Waals surface area contributed by atoms with Gasteiger partial charge in [0.25, 0.3) is 0 Å². The summed E-state index contributed by atoms with van der Waals surface area (Å²) in [6.45, 7) is 0. The van der Waals surface area contributed by atoms with Crippen LogP contribution < -0.4 is 9.64 Å². The maximum Gasteiger partial charge on any atom is 0.140 e. The highest BCUT2D eigenvalue weighted by Gasteiger charge is 2.22. The molecule has 0 heterocycles. The molecule has 2 aliphatic carbocycles. The molecule has 4 heteroatoms. The number of benzene rings is 3. The van der Waals surface area contributed by atoms with Crippen molar-refractivity contribution in [3.63, 3.8) is 0 Å². The lowest BCUT2D eigenvalue weighted by atomic mass is 9.84. The summed E-state index contributed by atoms with van der Waals surface area (Å²) in [4.78, 5) is 27.9. The van der Waals surface area contributed by atoms with E-state index in [2.05, 4.69) is 65.6 Å². The minimum atomic E-state index is 0.234. The third kappa shape index (κ3) is 6.98. The van der Waals surface area contributed by atoms with E-state index < -0.39 is 0 Å². The fraction of sp³-hybridized carbons (Fsp3) is 0.429. The molecule has 0 amide bonds. The predicted octanol–water partition coefficient (Wildman–Crippen LogP) is 8.55. The Morgan fingerprint density at radius 3 is 1.31 bits per heavy atom. The highest BCUT2D eigenvalue weighted by molar-refractivity contribution is 5.85. The maximum atomic E-state index is 12.9. The Balaban J connectivity index is 1.34. The molecule has 4 nitrogen and oxygen atoms in total. The summed E-state index contributed by atoms with van der Waals surface area (Å²) >= 11 is 0. The van der Waals surface area contributed by atoms with E-state index in [-0.39, 0.29) is 11.8 Å². The van der Waals surface area contributed by atoms with Gasteiger partial charge in [-0.25, -0.2) is 0 Å². The molecule has 0 saturated heterocycles. The molecule has 0 aromatic heterocycles. The zero-order valence-electron chi connectivity index (χ0n) is 23.2. The van der Waals surface area contributed by atoms with Crippen molar-refractivity contribution < 1.29 is 14.3 Å². The summed E-state index contributed by atoms with van der Waals surface area (Å²) in [5.74, 6) is 2.04. The van der Waals surface area contributed by atoms with E-state index in [9.17, 15) is 9.59 Å². The smallest absolute Gasteiger partial charge is 0.140 e. The van der Waals surface area contributed by atoms with Gasteiger partial charge in [0, 0.05) is 41.7 Å². The molecule has 0 atom stereocenters. The molecule has 5 rings (SSSR count). The number of ketones is 2. The molecule has 2 saturated carbocycles. The highest BCUT2D eigenvalue weighted by atomic mass is 16.5. The number of carbonyl (C=O) groups is 2. The molecule has 2 aliphatic rings. The fourth-order valence-corrected chi connectivity index (χ4v) is 6.24. The zero-order valence-corrected chi connectivity index (χ0v) is 23.2. The largest absolute Gasteiger partial charge is 0.497 e. The molecule has 0 radical (unpaired) electrons. The minimum Gasteiger partial charge on any atom is -0.497 e. The molecule has 0 bridgehead atoms. The molecular weight excluding hydrogens is 482 g/mol. The Morgan fingerprint density at radius 2 is 0.949 bits per heavy atom. The van der Waals surface area contributed by atoms with Crippen molar-refractivity contribution in [3.05, 3.63) is 83.9 Å². The van der Waals surface area contributed by atoms with Crippen LogP contribution in [0.5, 0.6) is 5.75 Å². The van der Waals surface area contributed by atoms with E-state index in [0.29, 0.717) is 24.4 Å². The van der Waals surface area contributed by atoms with Crippen LogP contribution in [0.25, 0.3) is 0 Å². The molecule has 39 heavy (non-hydrogen) atoms. The van der Waals surface area contributed by atoms with Crippen LogP contribution in [0.2, 0.25) is 0 Å². The number of carbonyl (C=O) groups excluding carboxylic acids is 2. The molecule has 0 spiro atoms. The number of hydrogen-bond acceptors (Lipinski definition) is 4. The predicted molar refractivity (Wildman–Crippen MR) is 158 cm³/mol. The van der Waals surface area contributed by atoms with Gasteiger partial charge in [0.1, 0.15) is 17.3 Å². The van der Waals surface area contributed by atoms with E-state index in [1.165, 1.54) is 38.5 Å². The Labute approximate surface area is 233 Å². The average Bonchev–Trinajstić information content (AvgIpc) is 3.00. The number of anilines is 3. The minimum absolute atomic E-state index is 0.234. The van der Waals surface area contributed by atoms with Gasteiger partial charge < -0.3 is 9.64 Å². The summed E-state index contributed by atoms with van der Waals surface area (Å²) in [7, 11) is 1.67. The van der Waals surface area contributed by atoms with Gasteiger partial charge in [-0.2, -0.15) is 0 Å². The van der Waals surface area contributed by atoms with Gasteiger partial charge in [-0.05, 0) is 85.3 Å². The summed E-state index contributed by atoms with van der Waals surface area (Å²) in [5, 5.41) is 0. The summed E-state index contributed by atoms with van der Waals surface area (Å²) < 4.78 is 5.38. The lowest BCUT2D eigenvalue weighted by Gasteiger charge is -2.26. The monoisotopic (exact) mass is 523 g/mol. The third-order valence-electron chi connectivity index (χ3n) is 8.60. The van der Waals surface area contributed by atoms with E-state index >= 15 is 0 Å². The Kier molecular flexibility index (Phi) is 9.13. The van der Waals surface area contributed by atoms with E-state index in [0.717, 1.165) is 59.6 Å². The lowest BCUT2D eigenvalue weighted by Crippen LogP contribution is -2.19. The van der Waals surface area contributed by atoms with Crippen LogP contribution in [-0.2, 0) is 22.4 Å². The van der Waals surface area contributed by atoms with Crippen LogP contribution in [0.15, 0.2) is 72.8 Å². The first-order chi connectivity index (χ1) is 19.1. The van der Waals surface area contributed by atoms with Crippen molar-refractivity contribution in [2.45, 2.75) is 77.0 Å². The van der Waals surface area contributed by atoms with Crippen molar-refractivity contribution in [2.75, 3.05) is 12.0 Å². The van der Waals surface area contributed by atoms with Crippen LogP contribution in [0.3, 0.4) is 0 Å². The van der Waals surface area contributed by atoms with E-state index in [4.69, 9.17) is 4.74 Å². The molecule has 0 N–H and O–H groups in total. The maximum absolute atomic E-state index is 12.9. The molecular formula is C35H41NO3. The van der Waals surface area contributed by atoms with Gasteiger partial charge >= 0.3 is 0 Å². The van der Waals surface area contributed by atoms with E-state index in [1.54, 1.807) is 7.11 Å². The molecule has 2 fully saturated rings. The summed E-state index contributed by atoms with van der Waals surface area (Å²) in [6.07, 6.45) is 12.5. The van der Waals surface area contributed by atoms with Crippen molar-refractivity contribution in [1.29, 1.82) is 0 Å². The van der Waals surface area contributed by atoms with Gasteiger partial charge in [-0.3, -0.25) is 9.59 Å². The van der Waals surface area contributed by atoms with Crippen molar-refractivity contribution in [3.8, 4) is 5.75 Å². The SMILES string of the molecule is COc1ccc(N(c2ccc(CC(=O)C3CCCCC3)cc2)c2ccc(CC(=O)C3CCCCC3)cc2)cc1. The van der Waals surface area contributed by atoms with Crippen molar-refractivity contribution in [2.24, 2.45) is 11.8 Å². The Bertz CT molecular complexity index is 1140. The molecule has 0 unspecified atom stereocenters. The van der Waals surface area contributed by atoms with Crippen molar-refractivity contribution in [1.82, 2.24) is 0 Å². The quantitative estimate of drug-likeness (QED) is 0.267. The number of methoxy groups -OCH3 is 1.